The van der Waals surface area contributed by atoms with E-state index in [0.717, 1.165) is 19.6 Å². The van der Waals surface area contributed by atoms with Crippen LogP contribution in [0.15, 0.2) is 0 Å². The summed E-state index contributed by atoms with van der Waals surface area (Å²) in [6.07, 6.45) is 1.23. The molecular formula is C15H27N3S. The molecule has 1 unspecified atom stereocenters. The number of nitrogens with zero attached hydrogens (tertiary/aromatic N) is 2. The molecular weight excluding hydrogens is 254 g/mol. The fourth-order valence-electron chi connectivity index (χ4n) is 2.51. The summed E-state index contributed by atoms with van der Waals surface area (Å²) in [5.41, 5.74) is 1.51. The van der Waals surface area contributed by atoms with Crippen molar-refractivity contribution < 1.29 is 0 Å². The molecule has 0 saturated carbocycles. The molecule has 0 radical (unpaired) electrons. The zero-order valence-electron chi connectivity index (χ0n) is 12.9. The Labute approximate surface area is 121 Å². The van der Waals surface area contributed by atoms with E-state index in [1.54, 1.807) is 0 Å². The molecule has 1 aliphatic rings. The SMILES string of the molecule is Cc1nc(CN2CCCNC(C(C)(C)C)C2)sc1C. The second kappa shape index (κ2) is 5.90. The highest BCUT2D eigenvalue weighted by atomic mass is 32.1. The lowest BCUT2D eigenvalue weighted by atomic mass is 9.86. The Morgan fingerprint density at radius 1 is 1.37 bits per heavy atom. The molecule has 108 valence electrons. The van der Waals surface area contributed by atoms with Gasteiger partial charge < -0.3 is 5.32 Å². The lowest BCUT2D eigenvalue weighted by Gasteiger charge is -2.33. The first-order valence-corrected chi connectivity index (χ1v) is 8.06. The molecule has 0 spiro atoms. The zero-order chi connectivity index (χ0) is 14.0. The molecule has 1 N–H and O–H groups in total. The quantitative estimate of drug-likeness (QED) is 0.903. The number of hydrogen-bond donors (Lipinski definition) is 1. The Bertz CT molecular complexity index is 400. The summed E-state index contributed by atoms with van der Waals surface area (Å²) in [5, 5.41) is 4.96. The largest absolute Gasteiger partial charge is 0.312 e. The van der Waals surface area contributed by atoms with Gasteiger partial charge in [-0.2, -0.15) is 0 Å². The fraction of sp³-hybridized carbons (Fsp3) is 0.800. The van der Waals surface area contributed by atoms with Crippen molar-refractivity contribution in [3.63, 3.8) is 0 Å². The van der Waals surface area contributed by atoms with Crippen molar-refractivity contribution in [1.82, 2.24) is 15.2 Å². The van der Waals surface area contributed by atoms with Crippen molar-refractivity contribution in [1.29, 1.82) is 0 Å². The highest BCUT2D eigenvalue weighted by Crippen LogP contribution is 2.24. The van der Waals surface area contributed by atoms with Gasteiger partial charge in [0.15, 0.2) is 0 Å². The Kier molecular flexibility index (Phi) is 4.64. The smallest absolute Gasteiger partial charge is 0.107 e. The number of hydrogen-bond acceptors (Lipinski definition) is 4. The zero-order valence-corrected chi connectivity index (χ0v) is 13.7. The second-order valence-electron chi connectivity index (χ2n) is 6.71. The normalized spacial score (nSPS) is 22.5. The Morgan fingerprint density at radius 3 is 2.68 bits per heavy atom. The van der Waals surface area contributed by atoms with Gasteiger partial charge in [0.1, 0.15) is 5.01 Å². The van der Waals surface area contributed by atoms with Crippen LogP contribution in [0.5, 0.6) is 0 Å². The highest BCUT2D eigenvalue weighted by molar-refractivity contribution is 7.11. The topological polar surface area (TPSA) is 28.2 Å². The van der Waals surface area contributed by atoms with E-state index in [0.29, 0.717) is 11.5 Å². The molecule has 1 aliphatic heterocycles. The van der Waals surface area contributed by atoms with E-state index in [-0.39, 0.29) is 0 Å². The van der Waals surface area contributed by atoms with Gasteiger partial charge in [-0.15, -0.1) is 11.3 Å². The van der Waals surface area contributed by atoms with Crippen LogP contribution in [-0.2, 0) is 6.54 Å². The predicted molar refractivity (Wildman–Crippen MR) is 82.7 cm³/mol. The first-order chi connectivity index (χ1) is 8.86. The molecule has 1 atom stereocenters. The minimum atomic E-state index is 0.317. The average Bonchev–Trinajstić information content (AvgIpc) is 2.53. The summed E-state index contributed by atoms with van der Waals surface area (Å²) in [5.74, 6) is 0. The van der Waals surface area contributed by atoms with Crippen molar-refractivity contribution in [3.05, 3.63) is 15.6 Å². The van der Waals surface area contributed by atoms with Crippen molar-refractivity contribution in [3.8, 4) is 0 Å². The maximum absolute atomic E-state index is 4.68. The second-order valence-corrected chi connectivity index (χ2v) is 8.00. The molecule has 3 nitrogen and oxygen atoms in total. The summed E-state index contributed by atoms with van der Waals surface area (Å²) in [6, 6.07) is 0.567. The highest BCUT2D eigenvalue weighted by Gasteiger charge is 2.28. The Morgan fingerprint density at radius 2 is 2.11 bits per heavy atom. The third-order valence-electron chi connectivity index (χ3n) is 3.96. The minimum Gasteiger partial charge on any atom is -0.312 e. The van der Waals surface area contributed by atoms with Gasteiger partial charge in [0.2, 0.25) is 0 Å². The van der Waals surface area contributed by atoms with Crippen LogP contribution in [0.4, 0.5) is 0 Å². The molecule has 4 heteroatoms. The summed E-state index contributed by atoms with van der Waals surface area (Å²) < 4.78 is 0. The van der Waals surface area contributed by atoms with Crippen LogP contribution >= 0.6 is 11.3 Å². The van der Waals surface area contributed by atoms with Gasteiger partial charge in [0, 0.05) is 17.5 Å². The molecule has 2 heterocycles. The number of aromatic nitrogens is 1. The number of rotatable bonds is 2. The molecule has 1 saturated heterocycles. The van der Waals surface area contributed by atoms with Crippen LogP contribution < -0.4 is 5.32 Å². The predicted octanol–water partition coefficient (Wildman–Crippen LogP) is 2.97. The van der Waals surface area contributed by atoms with Crippen LogP contribution in [0.25, 0.3) is 0 Å². The molecule has 2 rings (SSSR count). The summed E-state index contributed by atoms with van der Waals surface area (Å²) >= 11 is 1.85. The molecule has 0 aromatic carbocycles. The average molecular weight is 281 g/mol. The van der Waals surface area contributed by atoms with Crippen LogP contribution in [-0.4, -0.2) is 35.6 Å². The van der Waals surface area contributed by atoms with E-state index in [1.165, 1.54) is 28.5 Å². The maximum atomic E-state index is 4.68. The van der Waals surface area contributed by atoms with Gasteiger partial charge in [-0.3, -0.25) is 4.90 Å². The lowest BCUT2D eigenvalue weighted by molar-refractivity contribution is 0.192. The van der Waals surface area contributed by atoms with Gasteiger partial charge in [-0.25, -0.2) is 4.98 Å². The summed E-state index contributed by atoms with van der Waals surface area (Å²) in [4.78, 5) is 8.60. The van der Waals surface area contributed by atoms with E-state index < -0.39 is 0 Å². The standard InChI is InChI=1S/C15H27N3S/c1-11-12(2)19-14(17-11)10-18-8-6-7-16-13(9-18)15(3,4)5/h13,16H,6-10H2,1-5H3. The van der Waals surface area contributed by atoms with Gasteiger partial charge in [0.05, 0.1) is 12.2 Å². The molecule has 0 bridgehead atoms. The van der Waals surface area contributed by atoms with E-state index >= 15 is 0 Å². The van der Waals surface area contributed by atoms with Gasteiger partial charge in [0.25, 0.3) is 0 Å². The first-order valence-electron chi connectivity index (χ1n) is 7.25. The van der Waals surface area contributed by atoms with Crippen molar-refractivity contribution in [2.75, 3.05) is 19.6 Å². The van der Waals surface area contributed by atoms with Gasteiger partial charge >= 0.3 is 0 Å². The molecule has 1 aromatic rings. The van der Waals surface area contributed by atoms with E-state index in [9.17, 15) is 0 Å². The first kappa shape index (κ1) is 14.9. The lowest BCUT2D eigenvalue weighted by Crippen LogP contribution is -2.46. The van der Waals surface area contributed by atoms with Crippen molar-refractivity contribution in [2.45, 2.75) is 53.6 Å². The molecule has 19 heavy (non-hydrogen) atoms. The molecule has 1 aromatic heterocycles. The van der Waals surface area contributed by atoms with E-state index in [2.05, 4.69) is 49.8 Å². The molecule has 0 amide bonds. The molecule has 1 fully saturated rings. The fourth-order valence-corrected chi connectivity index (χ4v) is 3.49. The third-order valence-corrected chi connectivity index (χ3v) is 5.02. The van der Waals surface area contributed by atoms with Crippen LogP contribution in [0, 0.1) is 19.3 Å². The monoisotopic (exact) mass is 281 g/mol. The van der Waals surface area contributed by atoms with Crippen LogP contribution in [0.1, 0.15) is 42.8 Å². The molecule has 0 aliphatic carbocycles. The number of aryl methyl sites for hydroxylation is 2. The van der Waals surface area contributed by atoms with Gasteiger partial charge in [-0.05, 0) is 38.8 Å². The Hall–Kier alpha value is -0.450. The van der Waals surface area contributed by atoms with Crippen molar-refractivity contribution >= 4 is 11.3 Å². The van der Waals surface area contributed by atoms with E-state index in [4.69, 9.17) is 0 Å². The van der Waals surface area contributed by atoms with Crippen LogP contribution in [0.3, 0.4) is 0 Å². The van der Waals surface area contributed by atoms with Crippen LogP contribution in [0.2, 0.25) is 0 Å². The van der Waals surface area contributed by atoms with Crippen molar-refractivity contribution in [2.24, 2.45) is 5.41 Å². The summed E-state index contributed by atoms with van der Waals surface area (Å²) in [6.45, 7) is 15.7. The van der Waals surface area contributed by atoms with Gasteiger partial charge in [-0.1, -0.05) is 20.8 Å². The number of nitrogens with one attached hydrogen (secondary N) is 1. The third kappa shape index (κ3) is 4.01. The van der Waals surface area contributed by atoms with E-state index in [1.807, 2.05) is 11.3 Å². The minimum absolute atomic E-state index is 0.317. The number of thiazole rings is 1. The summed E-state index contributed by atoms with van der Waals surface area (Å²) in [7, 11) is 0. The Balaban J connectivity index is 2.02. The maximum Gasteiger partial charge on any atom is 0.107 e.